The average Bonchev–Trinajstić information content (AvgIpc) is 3.64. The van der Waals surface area contributed by atoms with Crippen molar-refractivity contribution in [2.45, 2.75) is 0 Å². The van der Waals surface area contributed by atoms with Crippen molar-refractivity contribution in [2.75, 3.05) is 9.80 Å². The molecule has 0 N–H and O–H groups in total. The van der Waals surface area contributed by atoms with Gasteiger partial charge in [-0.3, -0.25) is 0 Å². The van der Waals surface area contributed by atoms with E-state index in [4.69, 9.17) is 0 Å². The third-order valence-electron chi connectivity index (χ3n) is 17.1. The fraction of sp³-hybridized carbons (Fsp3) is 0. The summed E-state index contributed by atoms with van der Waals surface area (Å²) < 4.78 is 0. The molecule has 2 aliphatic rings. The number of hydrogen-bond donors (Lipinski definition) is 0. The number of anilines is 6. The molecule has 17 rings (SSSR count). The lowest BCUT2D eigenvalue weighted by molar-refractivity contribution is 1.27. The Labute approximate surface area is 446 Å². The number of rotatable bonds is 5. The standard InChI is InChI=1S/C74H45BN2/c1-3-12-46(13-4-1)48-26-32-58(33-27-48)76-68-44-57(56-42-54-24-22-52-18-11-19-53-23-25-55(43-56)71(54)70(52)53)45-69-72(68)75(66-40-38-62-60-20-9-7-16-50(60)30-36-64(62)73(66)76)67-41-39-63-61-21-10-8-17-51(61)31-37-65(63)74(67)77(69)59-34-28-49(29-35-59)47-14-5-2-6-15-47/h1-45H. The van der Waals surface area contributed by atoms with E-state index in [9.17, 15) is 0 Å². The first kappa shape index (κ1) is 42.4. The van der Waals surface area contributed by atoms with E-state index in [2.05, 4.69) is 283 Å². The maximum absolute atomic E-state index is 2.61. The Bertz CT molecular complexity index is 4610. The predicted molar refractivity (Wildman–Crippen MR) is 331 cm³/mol. The average molecular weight is 973 g/mol. The fourth-order valence-corrected chi connectivity index (χ4v) is 13.6. The van der Waals surface area contributed by atoms with Crippen molar-refractivity contribution in [1.29, 1.82) is 0 Å². The molecule has 0 fully saturated rings. The van der Waals surface area contributed by atoms with Crippen LogP contribution in [-0.4, -0.2) is 6.71 Å². The van der Waals surface area contributed by atoms with Crippen molar-refractivity contribution >= 4 is 133 Å². The van der Waals surface area contributed by atoms with Crippen molar-refractivity contribution in [1.82, 2.24) is 0 Å². The Morgan fingerprint density at radius 1 is 0.234 bits per heavy atom. The SMILES string of the molecule is c1ccc(-c2ccc(N3c4cc(-c5cc6ccc7cccc8ccc(c5)c6c78)cc5c4B(c4ccc6c(ccc7ccccc76)c43)c3ccc4c(ccc6ccccc64)c3N5c3ccc(-c4ccccc4)cc3)cc2)cc1. The topological polar surface area (TPSA) is 6.48 Å². The molecular weight excluding hydrogens is 928 g/mol. The van der Waals surface area contributed by atoms with Gasteiger partial charge in [-0.15, -0.1) is 0 Å². The van der Waals surface area contributed by atoms with Gasteiger partial charge in [-0.25, -0.2) is 0 Å². The summed E-state index contributed by atoms with van der Waals surface area (Å²) in [5.41, 5.74) is 18.1. The van der Waals surface area contributed by atoms with Crippen LogP contribution in [0, 0.1) is 0 Å². The van der Waals surface area contributed by atoms with E-state index < -0.39 is 0 Å². The highest BCUT2D eigenvalue weighted by atomic mass is 15.2. The molecule has 0 bridgehead atoms. The minimum atomic E-state index is -0.0871. The summed E-state index contributed by atoms with van der Waals surface area (Å²) in [6.45, 7) is -0.0871. The smallest absolute Gasteiger partial charge is 0.252 e. The van der Waals surface area contributed by atoms with Gasteiger partial charge in [0.05, 0.1) is 0 Å². The predicted octanol–water partition coefficient (Wildman–Crippen LogP) is 18.3. The highest BCUT2D eigenvalue weighted by Gasteiger charge is 2.45. The van der Waals surface area contributed by atoms with Crippen LogP contribution in [0.1, 0.15) is 0 Å². The Hall–Kier alpha value is -9.96. The third kappa shape index (κ3) is 6.26. The number of hydrogen-bond acceptors (Lipinski definition) is 2. The Kier molecular flexibility index (Phi) is 8.96. The molecule has 77 heavy (non-hydrogen) atoms. The molecule has 0 radical (unpaired) electrons. The highest BCUT2D eigenvalue weighted by molar-refractivity contribution is 7.01. The third-order valence-corrected chi connectivity index (χ3v) is 17.1. The lowest BCUT2D eigenvalue weighted by Crippen LogP contribution is -2.61. The summed E-state index contributed by atoms with van der Waals surface area (Å²) in [6, 6.07) is 103. The largest absolute Gasteiger partial charge is 0.311 e. The molecule has 0 aliphatic carbocycles. The Balaban J connectivity index is 1.01. The molecule has 0 spiro atoms. The van der Waals surface area contributed by atoms with Crippen molar-refractivity contribution in [3.8, 4) is 33.4 Å². The molecule has 0 amide bonds. The molecule has 354 valence electrons. The summed E-state index contributed by atoms with van der Waals surface area (Å²) in [6.07, 6.45) is 0. The minimum absolute atomic E-state index is 0.0871. The monoisotopic (exact) mass is 972 g/mol. The lowest BCUT2D eigenvalue weighted by Gasteiger charge is -2.45. The maximum Gasteiger partial charge on any atom is 0.252 e. The number of nitrogens with zero attached hydrogens (tertiary/aromatic N) is 2. The van der Waals surface area contributed by atoms with Gasteiger partial charge in [0, 0.05) is 44.9 Å². The molecule has 0 atom stereocenters. The van der Waals surface area contributed by atoms with Crippen LogP contribution in [-0.2, 0) is 0 Å². The first-order chi connectivity index (χ1) is 38.2. The number of benzene rings is 15. The summed E-state index contributed by atoms with van der Waals surface area (Å²) in [5.74, 6) is 0. The molecule has 2 nitrogen and oxygen atoms in total. The van der Waals surface area contributed by atoms with E-state index >= 15 is 0 Å². The van der Waals surface area contributed by atoms with Gasteiger partial charge in [-0.05, 0) is 163 Å². The van der Waals surface area contributed by atoms with E-state index in [1.165, 1.54) is 148 Å². The van der Waals surface area contributed by atoms with Crippen molar-refractivity contribution in [3.63, 3.8) is 0 Å². The second kappa shape index (κ2) is 16.3. The first-order valence-electron chi connectivity index (χ1n) is 26.8. The molecule has 15 aromatic carbocycles. The Morgan fingerprint density at radius 2 is 0.610 bits per heavy atom. The second-order valence-electron chi connectivity index (χ2n) is 21.1. The maximum atomic E-state index is 2.61. The van der Waals surface area contributed by atoms with E-state index in [0.717, 1.165) is 11.4 Å². The zero-order chi connectivity index (χ0) is 50.3. The normalized spacial score (nSPS) is 12.9. The zero-order valence-corrected chi connectivity index (χ0v) is 42.0. The van der Waals surface area contributed by atoms with Gasteiger partial charge >= 0.3 is 0 Å². The minimum Gasteiger partial charge on any atom is -0.311 e. The lowest BCUT2D eigenvalue weighted by atomic mass is 9.33. The van der Waals surface area contributed by atoms with E-state index in [1.807, 2.05) is 0 Å². The molecule has 0 saturated carbocycles. The van der Waals surface area contributed by atoms with Crippen LogP contribution in [0.25, 0.3) is 109 Å². The second-order valence-corrected chi connectivity index (χ2v) is 21.1. The quantitative estimate of drug-likeness (QED) is 0.125. The van der Waals surface area contributed by atoms with Crippen LogP contribution in [0.15, 0.2) is 273 Å². The van der Waals surface area contributed by atoms with Gasteiger partial charge < -0.3 is 9.80 Å². The van der Waals surface area contributed by atoms with Gasteiger partial charge in [0.2, 0.25) is 0 Å². The zero-order valence-electron chi connectivity index (χ0n) is 42.0. The Morgan fingerprint density at radius 3 is 1.10 bits per heavy atom. The summed E-state index contributed by atoms with van der Waals surface area (Å²) in [5, 5.41) is 17.7. The van der Waals surface area contributed by atoms with Gasteiger partial charge in [0.1, 0.15) is 0 Å². The summed E-state index contributed by atoms with van der Waals surface area (Å²) in [4.78, 5) is 5.22. The van der Waals surface area contributed by atoms with Gasteiger partial charge in [0.25, 0.3) is 6.71 Å². The van der Waals surface area contributed by atoms with Crippen LogP contribution < -0.4 is 26.2 Å². The first-order valence-corrected chi connectivity index (χ1v) is 26.8. The summed E-state index contributed by atoms with van der Waals surface area (Å²) >= 11 is 0. The molecule has 2 heterocycles. The van der Waals surface area contributed by atoms with E-state index in [1.54, 1.807) is 0 Å². The molecule has 0 aromatic heterocycles. The molecule has 0 saturated heterocycles. The van der Waals surface area contributed by atoms with Gasteiger partial charge in [-0.2, -0.15) is 0 Å². The molecule has 3 heteroatoms. The van der Waals surface area contributed by atoms with Crippen LogP contribution in [0.2, 0.25) is 0 Å². The molecule has 2 aliphatic heterocycles. The van der Waals surface area contributed by atoms with E-state index in [-0.39, 0.29) is 6.71 Å². The molecule has 0 unspecified atom stereocenters. The van der Waals surface area contributed by atoms with E-state index in [0.29, 0.717) is 0 Å². The summed E-state index contributed by atoms with van der Waals surface area (Å²) in [7, 11) is 0. The molecular formula is C74H45BN2. The van der Waals surface area contributed by atoms with Crippen LogP contribution in [0.5, 0.6) is 0 Å². The number of fused-ring (bicyclic) bond motifs is 12. The van der Waals surface area contributed by atoms with Crippen molar-refractivity contribution < 1.29 is 0 Å². The van der Waals surface area contributed by atoms with Crippen molar-refractivity contribution in [3.05, 3.63) is 273 Å². The highest BCUT2D eigenvalue weighted by Crippen LogP contribution is 2.51. The van der Waals surface area contributed by atoms with Crippen molar-refractivity contribution in [2.24, 2.45) is 0 Å². The van der Waals surface area contributed by atoms with Crippen LogP contribution in [0.3, 0.4) is 0 Å². The van der Waals surface area contributed by atoms with Crippen LogP contribution in [0.4, 0.5) is 34.1 Å². The van der Waals surface area contributed by atoms with Gasteiger partial charge in [-0.1, -0.05) is 224 Å². The molecule has 15 aromatic rings. The van der Waals surface area contributed by atoms with Crippen LogP contribution >= 0.6 is 0 Å². The fourth-order valence-electron chi connectivity index (χ4n) is 13.6. The van der Waals surface area contributed by atoms with Gasteiger partial charge in [0.15, 0.2) is 0 Å².